The number of carbonyl (C=O) groups excluding carboxylic acids is 1. The molecule has 0 saturated heterocycles. The predicted octanol–water partition coefficient (Wildman–Crippen LogP) is 0.843. The van der Waals surface area contributed by atoms with Gasteiger partial charge in [-0.2, -0.15) is 5.10 Å². The Morgan fingerprint density at radius 1 is 1.50 bits per heavy atom. The van der Waals surface area contributed by atoms with Crippen molar-refractivity contribution in [2.24, 2.45) is 0 Å². The number of fused-ring (bicyclic) bond motifs is 1. The van der Waals surface area contributed by atoms with Crippen molar-refractivity contribution in [1.82, 2.24) is 15.1 Å². The van der Waals surface area contributed by atoms with E-state index in [-0.39, 0.29) is 12.5 Å². The first-order valence-electron chi connectivity index (χ1n) is 6.00. The van der Waals surface area contributed by atoms with Gasteiger partial charge in [0.25, 0.3) is 0 Å². The van der Waals surface area contributed by atoms with Gasteiger partial charge >= 0.3 is 0 Å². The van der Waals surface area contributed by atoms with Gasteiger partial charge in [0.1, 0.15) is 0 Å². The quantitative estimate of drug-likeness (QED) is 0.823. The molecule has 5 nitrogen and oxygen atoms in total. The zero-order valence-electron chi connectivity index (χ0n) is 10.4. The van der Waals surface area contributed by atoms with Crippen molar-refractivity contribution in [3.63, 3.8) is 0 Å². The van der Waals surface area contributed by atoms with E-state index in [9.17, 15) is 4.79 Å². The maximum atomic E-state index is 11.4. The fourth-order valence-electron chi connectivity index (χ4n) is 1.85. The first kappa shape index (κ1) is 12.6. The van der Waals surface area contributed by atoms with Crippen molar-refractivity contribution in [3.8, 4) is 0 Å². The van der Waals surface area contributed by atoms with E-state index in [4.69, 9.17) is 5.11 Å². The molecule has 18 heavy (non-hydrogen) atoms. The van der Waals surface area contributed by atoms with Crippen LogP contribution in [0.5, 0.6) is 0 Å². The van der Waals surface area contributed by atoms with E-state index in [2.05, 4.69) is 16.5 Å². The summed E-state index contributed by atoms with van der Waals surface area (Å²) in [6.45, 7) is 2.85. The third-order valence-electron chi connectivity index (χ3n) is 2.78. The van der Waals surface area contributed by atoms with Crippen molar-refractivity contribution < 1.29 is 9.90 Å². The van der Waals surface area contributed by atoms with E-state index >= 15 is 0 Å². The van der Waals surface area contributed by atoms with Crippen LogP contribution < -0.4 is 5.32 Å². The average Bonchev–Trinajstić information content (AvgIpc) is 2.76. The number of aryl methyl sites for hydroxylation is 2. The molecule has 1 heterocycles. The summed E-state index contributed by atoms with van der Waals surface area (Å²) in [4.78, 5) is 11.4. The lowest BCUT2D eigenvalue weighted by molar-refractivity contribution is -0.121. The van der Waals surface area contributed by atoms with Gasteiger partial charge in [-0.15, -0.1) is 0 Å². The lowest BCUT2D eigenvalue weighted by Gasteiger charge is -2.05. The Balaban J connectivity index is 2.03. The summed E-state index contributed by atoms with van der Waals surface area (Å²) in [6, 6.07) is 6.14. The highest BCUT2D eigenvalue weighted by Crippen LogP contribution is 2.15. The molecule has 1 aromatic heterocycles. The Bertz CT molecular complexity index is 548. The van der Waals surface area contributed by atoms with Crippen LogP contribution in [0.3, 0.4) is 0 Å². The SMILES string of the molecule is Cc1ccc2cnn(CCC(=O)NCCO)c2c1. The van der Waals surface area contributed by atoms with Crippen LogP contribution in [0.15, 0.2) is 24.4 Å². The van der Waals surface area contributed by atoms with Crippen LogP contribution in [0.25, 0.3) is 10.9 Å². The average molecular weight is 247 g/mol. The number of hydrogen-bond acceptors (Lipinski definition) is 3. The zero-order chi connectivity index (χ0) is 13.0. The van der Waals surface area contributed by atoms with Gasteiger partial charge in [0.05, 0.1) is 24.9 Å². The Morgan fingerprint density at radius 2 is 2.33 bits per heavy atom. The topological polar surface area (TPSA) is 67.2 Å². The van der Waals surface area contributed by atoms with Crippen molar-refractivity contribution in [3.05, 3.63) is 30.0 Å². The molecule has 0 fully saturated rings. The molecule has 0 radical (unpaired) electrons. The summed E-state index contributed by atoms with van der Waals surface area (Å²) < 4.78 is 1.83. The molecular formula is C13H17N3O2. The summed E-state index contributed by atoms with van der Waals surface area (Å²) in [5.74, 6) is -0.0691. The van der Waals surface area contributed by atoms with Crippen LogP contribution in [0, 0.1) is 6.92 Å². The second-order valence-corrected chi connectivity index (χ2v) is 4.25. The van der Waals surface area contributed by atoms with Gasteiger partial charge in [-0.05, 0) is 18.6 Å². The van der Waals surface area contributed by atoms with Gasteiger partial charge < -0.3 is 10.4 Å². The first-order valence-corrected chi connectivity index (χ1v) is 6.00. The second-order valence-electron chi connectivity index (χ2n) is 4.25. The standard InChI is InChI=1S/C13H17N3O2/c1-10-2-3-11-9-15-16(12(11)8-10)6-4-13(18)14-5-7-17/h2-3,8-9,17H,4-7H2,1H3,(H,14,18). The Kier molecular flexibility index (Phi) is 3.94. The summed E-state index contributed by atoms with van der Waals surface area (Å²) >= 11 is 0. The number of nitrogens with one attached hydrogen (secondary N) is 1. The maximum absolute atomic E-state index is 11.4. The van der Waals surface area contributed by atoms with Crippen LogP contribution in [-0.4, -0.2) is 33.9 Å². The number of rotatable bonds is 5. The van der Waals surface area contributed by atoms with E-state index in [0.29, 0.717) is 19.5 Å². The number of amides is 1. The molecule has 0 atom stereocenters. The minimum Gasteiger partial charge on any atom is -0.395 e. The fourth-order valence-corrected chi connectivity index (χ4v) is 1.85. The second kappa shape index (κ2) is 5.64. The zero-order valence-corrected chi connectivity index (χ0v) is 10.4. The van der Waals surface area contributed by atoms with Gasteiger partial charge in [-0.3, -0.25) is 9.48 Å². The number of nitrogens with zero attached hydrogens (tertiary/aromatic N) is 2. The maximum Gasteiger partial charge on any atom is 0.221 e. The molecule has 1 aromatic carbocycles. The number of aliphatic hydroxyl groups is 1. The third-order valence-corrected chi connectivity index (χ3v) is 2.78. The molecule has 0 bridgehead atoms. The third kappa shape index (κ3) is 2.87. The van der Waals surface area contributed by atoms with E-state index in [1.54, 1.807) is 6.20 Å². The molecular weight excluding hydrogens is 230 g/mol. The molecule has 2 rings (SSSR count). The van der Waals surface area contributed by atoms with Crippen LogP contribution >= 0.6 is 0 Å². The van der Waals surface area contributed by atoms with Gasteiger partial charge in [0.2, 0.25) is 5.91 Å². The molecule has 0 unspecified atom stereocenters. The molecule has 0 aliphatic rings. The van der Waals surface area contributed by atoms with Gasteiger partial charge in [0, 0.05) is 18.4 Å². The smallest absolute Gasteiger partial charge is 0.221 e. The number of aliphatic hydroxyl groups excluding tert-OH is 1. The summed E-state index contributed by atoms with van der Waals surface area (Å²) in [5, 5.41) is 16.6. The van der Waals surface area contributed by atoms with E-state index in [0.717, 1.165) is 10.9 Å². The van der Waals surface area contributed by atoms with Crippen LogP contribution in [0.4, 0.5) is 0 Å². The summed E-state index contributed by atoms with van der Waals surface area (Å²) in [6.07, 6.45) is 2.17. The molecule has 0 saturated carbocycles. The van der Waals surface area contributed by atoms with Gasteiger partial charge in [-0.1, -0.05) is 12.1 Å². The van der Waals surface area contributed by atoms with Gasteiger partial charge in [-0.25, -0.2) is 0 Å². The molecule has 1 amide bonds. The lowest BCUT2D eigenvalue weighted by atomic mass is 10.2. The summed E-state index contributed by atoms with van der Waals surface area (Å²) in [5.41, 5.74) is 2.22. The molecule has 2 aromatic rings. The highest BCUT2D eigenvalue weighted by Gasteiger charge is 2.05. The van der Waals surface area contributed by atoms with Crippen LogP contribution in [0.2, 0.25) is 0 Å². The van der Waals surface area contributed by atoms with E-state index < -0.39 is 0 Å². The van der Waals surface area contributed by atoms with Crippen molar-refractivity contribution in [2.45, 2.75) is 19.9 Å². The molecule has 0 aliphatic carbocycles. The van der Waals surface area contributed by atoms with Crippen molar-refractivity contribution >= 4 is 16.8 Å². The Labute approximate surface area is 105 Å². The molecule has 0 spiro atoms. The minimum atomic E-state index is -0.0691. The van der Waals surface area contributed by atoms with E-state index in [1.165, 1.54) is 5.56 Å². The Hall–Kier alpha value is -1.88. The lowest BCUT2D eigenvalue weighted by Crippen LogP contribution is -2.27. The van der Waals surface area contributed by atoms with E-state index in [1.807, 2.05) is 23.7 Å². The number of hydrogen-bond donors (Lipinski definition) is 2. The van der Waals surface area contributed by atoms with Crippen molar-refractivity contribution in [2.75, 3.05) is 13.2 Å². The molecule has 0 aliphatic heterocycles. The predicted molar refractivity (Wildman–Crippen MR) is 69.2 cm³/mol. The van der Waals surface area contributed by atoms with Crippen molar-refractivity contribution in [1.29, 1.82) is 0 Å². The molecule has 2 N–H and O–H groups in total. The Morgan fingerprint density at radius 3 is 3.11 bits per heavy atom. The van der Waals surface area contributed by atoms with Crippen LogP contribution in [-0.2, 0) is 11.3 Å². The number of aromatic nitrogens is 2. The minimum absolute atomic E-state index is 0.0321. The normalized spacial score (nSPS) is 10.8. The number of carbonyl (C=O) groups is 1. The fraction of sp³-hybridized carbons (Fsp3) is 0.385. The molecule has 96 valence electrons. The largest absolute Gasteiger partial charge is 0.395 e. The van der Waals surface area contributed by atoms with Crippen LogP contribution in [0.1, 0.15) is 12.0 Å². The monoisotopic (exact) mass is 247 g/mol. The van der Waals surface area contributed by atoms with Gasteiger partial charge in [0.15, 0.2) is 0 Å². The first-order chi connectivity index (χ1) is 8.70. The highest BCUT2D eigenvalue weighted by atomic mass is 16.3. The summed E-state index contributed by atoms with van der Waals surface area (Å²) in [7, 11) is 0. The number of benzene rings is 1. The molecule has 5 heteroatoms. The highest BCUT2D eigenvalue weighted by molar-refractivity contribution is 5.80.